The van der Waals surface area contributed by atoms with E-state index in [9.17, 15) is 0 Å². The molecule has 0 saturated heterocycles. The first kappa shape index (κ1) is 16.7. The summed E-state index contributed by atoms with van der Waals surface area (Å²) >= 11 is 7.98. The number of fused-ring (bicyclic) bond motifs is 2. The molecular weight excluding hydrogens is 326 g/mol. The summed E-state index contributed by atoms with van der Waals surface area (Å²) in [6.45, 7) is 1.97. The molecule has 0 saturated carbocycles. The van der Waals surface area contributed by atoms with E-state index >= 15 is 0 Å². The van der Waals surface area contributed by atoms with Gasteiger partial charge in [-0.25, -0.2) is 0 Å². The number of quaternary nitrogens is 1. The average molecular weight is 349 g/mol. The lowest BCUT2D eigenvalue weighted by molar-refractivity contribution is -0.915. The van der Waals surface area contributed by atoms with Crippen molar-refractivity contribution in [3.8, 4) is 0 Å². The Hall–Kier alpha value is -1.20. The molecule has 0 unspecified atom stereocenters. The molecule has 0 amide bonds. The quantitative estimate of drug-likeness (QED) is 0.485. The van der Waals surface area contributed by atoms with Gasteiger partial charge in [-0.3, -0.25) is 4.59 Å². The highest BCUT2D eigenvalue weighted by Crippen LogP contribution is 2.48. The standard InChI is InChI=1S/C18H23ClN3S/c1-22(2,3)20-11-6-12-21-15-7-4-5-8-17(15)23-18-13-14(19)9-10-16(18)21/h4-5,7-10,13,20H,6,11-12H2,1-3H3/q+1. The van der Waals surface area contributed by atoms with Crippen LogP contribution in [-0.4, -0.2) is 38.8 Å². The van der Waals surface area contributed by atoms with Gasteiger partial charge in [-0.1, -0.05) is 35.5 Å². The maximum atomic E-state index is 6.18. The molecule has 1 heterocycles. The van der Waals surface area contributed by atoms with Gasteiger partial charge in [0.15, 0.2) is 0 Å². The van der Waals surface area contributed by atoms with Crippen LogP contribution in [0.1, 0.15) is 6.42 Å². The molecule has 5 heteroatoms. The average Bonchev–Trinajstić information content (AvgIpc) is 2.49. The predicted octanol–water partition coefficient (Wildman–Crippen LogP) is 4.54. The molecule has 2 aromatic rings. The van der Waals surface area contributed by atoms with Crippen LogP contribution in [0.25, 0.3) is 0 Å². The molecule has 1 aliphatic rings. The van der Waals surface area contributed by atoms with Crippen molar-refractivity contribution in [1.29, 1.82) is 0 Å². The number of benzene rings is 2. The van der Waals surface area contributed by atoms with Crippen molar-refractivity contribution < 1.29 is 4.59 Å². The maximum Gasteiger partial charge on any atom is 0.0853 e. The van der Waals surface area contributed by atoms with Crippen LogP contribution >= 0.6 is 23.4 Å². The third-order valence-corrected chi connectivity index (χ3v) is 5.08. The van der Waals surface area contributed by atoms with Crippen LogP contribution in [0.4, 0.5) is 11.4 Å². The van der Waals surface area contributed by atoms with Gasteiger partial charge < -0.3 is 4.90 Å². The first-order valence-corrected chi connectivity index (χ1v) is 9.04. The maximum absolute atomic E-state index is 6.18. The lowest BCUT2D eigenvalue weighted by atomic mass is 10.2. The number of para-hydroxylation sites is 1. The minimum atomic E-state index is 0.776. The van der Waals surface area contributed by atoms with Gasteiger partial charge in [-0.05, 0) is 36.8 Å². The Morgan fingerprint density at radius 2 is 1.78 bits per heavy atom. The van der Waals surface area contributed by atoms with Crippen molar-refractivity contribution in [2.45, 2.75) is 16.2 Å². The Kier molecular flexibility index (Phi) is 4.87. The summed E-state index contributed by atoms with van der Waals surface area (Å²) in [5.74, 6) is 0. The van der Waals surface area contributed by atoms with Crippen LogP contribution in [0, 0.1) is 0 Å². The SMILES string of the molecule is C[N+](C)(C)NCCCN1c2ccccc2Sc2cc(Cl)ccc21. The van der Waals surface area contributed by atoms with Crippen LogP contribution in [0.5, 0.6) is 0 Å². The first-order valence-electron chi connectivity index (χ1n) is 7.84. The van der Waals surface area contributed by atoms with Gasteiger partial charge in [-0.15, -0.1) is 0 Å². The third kappa shape index (κ3) is 4.01. The summed E-state index contributed by atoms with van der Waals surface area (Å²) in [5, 5.41) is 0.794. The highest BCUT2D eigenvalue weighted by Gasteiger charge is 2.23. The molecule has 23 heavy (non-hydrogen) atoms. The summed E-state index contributed by atoms with van der Waals surface area (Å²) in [7, 11) is 6.43. The predicted molar refractivity (Wildman–Crippen MR) is 99.7 cm³/mol. The topological polar surface area (TPSA) is 15.3 Å². The van der Waals surface area contributed by atoms with E-state index in [-0.39, 0.29) is 0 Å². The zero-order valence-electron chi connectivity index (χ0n) is 13.8. The van der Waals surface area contributed by atoms with Crippen LogP contribution in [0.15, 0.2) is 52.3 Å². The van der Waals surface area contributed by atoms with E-state index < -0.39 is 0 Å². The van der Waals surface area contributed by atoms with Crippen LogP contribution in [-0.2, 0) is 0 Å². The van der Waals surface area contributed by atoms with Gasteiger partial charge in [0.1, 0.15) is 0 Å². The monoisotopic (exact) mass is 348 g/mol. The van der Waals surface area contributed by atoms with E-state index in [1.165, 1.54) is 21.2 Å². The number of hydrogen-bond acceptors (Lipinski definition) is 3. The second kappa shape index (κ2) is 6.73. The van der Waals surface area contributed by atoms with E-state index in [0.717, 1.165) is 29.1 Å². The van der Waals surface area contributed by atoms with Crippen molar-refractivity contribution in [2.75, 3.05) is 39.1 Å². The first-order chi connectivity index (χ1) is 10.9. The summed E-state index contributed by atoms with van der Waals surface area (Å²) < 4.78 is 0.776. The Balaban J connectivity index is 1.81. The van der Waals surface area contributed by atoms with Gasteiger partial charge in [-0.2, -0.15) is 5.43 Å². The minimum Gasteiger partial charge on any atom is -0.340 e. The summed E-state index contributed by atoms with van der Waals surface area (Å²) in [6, 6.07) is 14.8. The Morgan fingerprint density at radius 3 is 2.57 bits per heavy atom. The molecule has 0 spiro atoms. The van der Waals surface area contributed by atoms with Crippen LogP contribution in [0.3, 0.4) is 0 Å². The van der Waals surface area contributed by atoms with Crippen molar-refractivity contribution >= 4 is 34.7 Å². The Morgan fingerprint density at radius 1 is 1.04 bits per heavy atom. The van der Waals surface area contributed by atoms with Gasteiger partial charge in [0.25, 0.3) is 0 Å². The molecule has 3 rings (SSSR count). The van der Waals surface area contributed by atoms with E-state index in [0.29, 0.717) is 0 Å². The zero-order chi connectivity index (χ0) is 16.4. The smallest absolute Gasteiger partial charge is 0.0853 e. The second-order valence-electron chi connectivity index (χ2n) is 6.61. The largest absolute Gasteiger partial charge is 0.340 e. The highest BCUT2D eigenvalue weighted by molar-refractivity contribution is 7.99. The number of nitrogens with zero attached hydrogens (tertiary/aromatic N) is 2. The zero-order valence-corrected chi connectivity index (χ0v) is 15.4. The summed E-state index contributed by atoms with van der Waals surface area (Å²) in [6.07, 6.45) is 1.08. The van der Waals surface area contributed by atoms with E-state index in [1.807, 2.05) is 6.07 Å². The van der Waals surface area contributed by atoms with Crippen molar-refractivity contribution in [3.05, 3.63) is 47.5 Å². The molecule has 0 aromatic heterocycles. The van der Waals surface area contributed by atoms with E-state index in [2.05, 4.69) is 67.9 Å². The van der Waals surface area contributed by atoms with Gasteiger partial charge >= 0.3 is 0 Å². The fraction of sp³-hybridized carbons (Fsp3) is 0.333. The molecule has 3 nitrogen and oxygen atoms in total. The van der Waals surface area contributed by atoms with Crippen LogP contribution in [0.2, 0.25) is 5.02 Å². The lowest BCUT2D eigenvalue weighted by Gasteiger charge is -2.33. The van der Waals surface area contributed by atoms with Crippen molar-refractivity contribution in [2.24, 2.45) is 0 Å². The fourth-order valence-electron chi connectivity index (χ4n) is 2.70. The number of rotatable bonds is 5. The number of hydrogen-bond donors (Lipinski definition) is 1. The lowest BCUT2D eigenvalue weighted by Crippen LogP contribution is -2.48. The number of nitrogens with one attached hydrogen (secondary N) is 1. The number of anilines is 2. The number of halogens is 1. The summed E-state index contributed by atoms with van der Waals surface area (Å²) in [4.78, 5) is 4.94. The fourth-order valence-corrected chi connectivity index (χ4v) is 4.07. The van der Waals surface area contributed by atoms with Gasteiger partial charge in [0, 0.05) is 27.9 Å². The molecule has 2 aromatic carbocycles. The van der Waals surface area contributed by atoms with Crippen LogP contribution < -0.4 is 10.3 Å². The molecule has 0 atom stereocenters. The van der Waals surface area contributed by atoms with Gasteiger partial charge in [0.05, 0.1) is 32.5 Å². The molecule has 122 valence electrons. The molecule has 0 bridgehead atoms. The third-order valence-electron chi connectivity index (χ3n) is 3.73. The highest BCUT2D eigenvalue weighted by atomic mass is 35.5. The van der Waals surface area contributed by atoms with Crippen molar-refractivity contribution in [1.82, 2.24) is 5.43 Å². The Labute approximate surface area is 147 Å². The Bertz CT molecular complexity index is 697. The minimum absolute atomic E-state index is 0.776. The van der Waals surface area contributed by atoms with Gasteiger partial charge in [0.2, 0.25) is 0 Å². The van der Waals surface area contributed by atoms with E-state index in [1.54, 1.807) is 11.8 Å². The molecule has 0 aliphatic carbocycles. The molecule has 0 fully saturated rings. The molecule has 1 aliphatic heterocycles. The van der Waals surface area contributed by atoms with Crippen molar-refractivity contribution in [3.63, 3.8) is 0 Å². The van der Waals surface area contributed by atoms with E-state index in [4.69, 9.17) is 11.6 Å². The molecular formula is C18H23ClN3S+. The molecule has 1 N–H and O–H groups in total. The molecule has 0 radical (unpaired) electrons. The summed E-state index contributed by atoms with van der Waals surface area (Å²) in [5.41, 5.74) is 6.05. The normalized spacial score (nSPS) is 13.7. The second-order valence-corrected chi connectivity index (χ2v) is 8.13.